The lowest BCUT2D eigenvalue weighted by atomic mass is 9.80. The molecule has 9 rings (SSSR count). The van der Waals surface area contributed by atoms with Crippen molar-refractivity contribution in [2.24, 2.45) is 0 Å². The minimum Gasteiger partial charge on any atom is -0.310 e. The van der Waals surface area contributed by atoms with E-state index in [0.29, 0.717) is 0 Å². The summed E-state index contributed by atoms with van der Waals surface area (Å²) in [5.41, 5.74) is 9.48. The molecule has 0 spiro atoms. The Morgan fingerprint density at radius 2 is 1.31 bits per heavy atom. The third kappa shape index (κ3) is 3.82. The van der Waals surface area contributed by atoms with Crippen molar-refractivity contribution in [3.05, 3.63) is 151 Å². The van der Waals surface area contributed by atoms with E-state index in [4.69, 9.17) is 0 Å². The first-order valence-electron chi connectivity index (χ1n) is 15.3. The van der Waals surface area contributed by atoms with Crippen molar-refractivity contribution in [2.75, 3.05) is 4.90 Å². The molecule has 1 aliphatic carbocycles. The molecule has 0 aliphatic heterocycles. The van der Waals surface area contributed by atoms with Crippen LogP contribution in [0.4, 0.5) is 21.5 Å². The zero-order valence-corrected chi connectivity index (χ0v) is 24.9. The van der Waals surface area contributed by atoms with Crippen molar-refractivity contribution in [3.8, 4) is 11.1 Å². The molecule has 0 bridgehead atoms. The minimum atomic E-state index is -0.268. The highest BCUT2D eigenvalue weighted by atomic mass is 19.1. The summed E-state index contributed by atoms with van der Waals surface area (Å²) in [6, 6.07) is 41.7. The van der Waals surface area contributed by atoms with Gasteiger partial charge in [0, 0.05) is 34.6 Å². The topological polar surface area (TPSA) is 29.0 Å². The summed E-state index contributed by atoms with van der Waals surface area (Å²) in [4.78, 5) is 11.2. The number of fused-ring (bicyclic) bond motifs is 2. The zero-order chi connectivity index (χ0) is 30.3. The molecule has 3 nitrogen and oxygen atoms in total. The van der Waals surface area contributed by atoms with Gasteiger partial charge in [0.25, 0.3) is 0 Å². The molecule has 1 aliphatic rings. The maximum Gasteiger partial charge on any atom is 0.123 e. The Labute approximate surface area is 260 Å². The Morgan fingerprint density at radius 1 is 0.578 bits per heavy atom. The lowest BCUT2D eigenvalue weighted by molar-refractivity contribution is 0.628. The van der Waals surface area contributed by atoms with Gasteiger partial charge in [-0.3, -0.25) is 9.97 Å². The minimum absolute atomic E-state index is 0.0917. The molecule has 0 N–H and O–H groups in total. The summed E-state index contributed by atoms with van der Waals surface area (Å²) in [7, 11) is 0. The Kier molecular flexibility index (Phi) is 5.42. The molecule has 7 aromatic carbocycles. The van der Waals surface area contributed by atoms with Gasteiger partial charge in [0.2, 0.25) is 0 Å². The number of nitrogens with zero attached hydrogens (tertiary/aromatic N) is 3. The summed E-state index contributed by atoms with van der Waals surface area (Å²) in [5, 5.41) is 7.59. The number of benzene rings is 7. The summed E-state index contributed by atoms with van der Waals surface area (Å²) in [6.07, 6.45) is 3.41. The molecule has 214 valence electrons. The molecule has 8 aromatic rings. The van der Waals surface area contributed by atoms with E-state index in [1.54, 1.807) is 12.4 Å². The predicted octanol–water partition coefficient (Wildman–Crippen LogP) is 11.0. The van der Waals surface area contributed by atoms with E-state index in [2.05, 4.69) is 114 Å². The second kappa shape index (κ2) is 9.44. The highest BCUT2D eigenvalue weighted by Crippen LogP contribution is 2.51. The van der Waals surface area contributed by atoms with Crippen LogP contribution in [0.1, 0.15) is 25.0 Å². The van der Waals surface area contributed by atoms with Crippen LogP contribution in [0, 0.1) is 5.82 Å². The Hall–Kier alpha value is -5.61. The fourth-order valence-corrected chi connectivity index (χ4v) is 7.39. The average molecular weight is 582 g/mol. The van der Waals surface area contributed by atoms with Crippen LogP contribution >= 0.6 is 0 Å². The predicted molar refractivity (Wildman–Crippen MR) is 184 cm³/mol. The first kappa shape index (κ1) is 25.8. The van der Waals surface area contributed by atoms with E-state index in [1.807, 2.05) is 24.3 Å². The van der Waals surface area contributed by atoms with Gasteiger partial charge in [-0.2, -0.15) is 0 Å². The molecule has 0 radical (unpaired) electrons. The van der Waals surface area contributed by atoms with Crippen molar-refractivity contribution in [3.63, 3.8) is 0 Å². The maximum absolute atomic E-state index is 14.1. The van der Waals surface area contributed by atoms with Gasteiger partial charge in [0.1, 0.15) is 5.82 Å². The largest absolute Gasteiger partial charge is 0.310 e. The number of hydrogen-bond donors (Lipinski definition) is 0. The third-order valence-corrected chi connectivity index (χ3v) is 9.55. The van der Waals surface area contributed by atoms with Gasteiger partial charge in [-0.05, 0) is 110 Å². The smallest absolute Gasteiger partial charge is 0.123 e. The standard InChI is InChI=1S/C41H28FN3/c1-41(2)34-9-5-6-25-10-11-26-22-27(23-35(41)40(26)39(25)34)31-17-19-38(33-8-4-3-7-32(31)33)45(29-14-12-28(42)13-15-29)30-16-18-36-37(24-30)44-21-20-43-36/h3-24H,1-2H3. The van der Waals surface area contributed by atoms with Crippen molar-refractivity contribution in [1.82, 2.24) is 9.97 Å². The lowest BCUT2D eigenvalue weighted by Gasteiger charge is -2.28. The number of aromatic nitrogens is 2. The molecule has 0 unspecified atom stereocenters. The van der Waals surface area contributed by atoms with Gasteiger partial charge in [-0.15, -0.1) is 0 Å². The SMILES string of the molecule is CC1(C)c2cccc3ccc4cc(-c5ccc(N(c6ccc(F)cc6)c6ccc7nccnc7c6)c6ccccc56)cc1c4c23. The van der Waals surface area contributed by atoms with E-state index in [0.717, 1.165) is 38.9 Å². The molecule has 0 saturated carbocycles. The fourth-order valence-electron chi connectivity index (χ4n) is 7.39. The maximum atomic E-state index is 14.1. The molecule has 1 aromatic heterocycles. The number of anilines is 3. The molecule has 1 heterocycles. The Balaban J connectivity index is 1.27. The monoisotopic (exact) mass is 581 g/mol. The van der Waals surface area contributed by atoms with E-state index in [-0.39, 0.29) is 11.2 Å². The van der Waals surface area contributed by atoms with Gasteiger partial charge in [-0.25, -0.2) is 4.39 Å². The average Bonchev–Trinajstić information content (AvgIpc) is 3.31. The second-order valence-corrected chi connectivity index (χ2v) is 12.4. The van der Waals surface area contributed by atoms with Gasteiger partial charge >= 0.3 is 0 Å². The van der Waals surface area contributed by atoms with Crippen molar-refractivity contribution < 1.29 is 4.39 Å². The molecule has 4 heteroatoms. The highest BCUT2D eigenvalue weighted by Gasteiger charge is 2.34. The van der Waals surface area contributed by atoms with Crippen LogP contribution < -0.4 is 4.90 Å². The van der Waals surface area contributed by atoms with E-state index >= 15 is 0 Å². The summed E-state index contributed by atoms with van der Waals surface area (Å²) in [6.45, 7) is 4.69. The summed E-state index contributed by atoms with van der Waals surface area (Å²) in [5.74, 6) is -0.268. The summed E-state index contributed by atoms with van der Waals surface area (Å²) >= 11 is 0. The van der Waals surface area contributed by atoms with Crippen LogP contribution in [0.5, 0.6) is 0 Å². The van der Waals surface area contributed by atoms with E-state index in [1.165, 1.54) is 55.9 Å². The molecular formula is C41H28FN3. The first-order valence-corrected chi connectivity index (χ1v) is 15.3. The number of halogens is 1. The quantitative estimate of drug-likeness (QED) is 0.194. The molecule has 0 atom stereocenters. The Bertz CT molecular complexity index is 2480. The van der Waals surface area contributed by atoms with Crippen LogP contribution in [0.3, 0.4) is 0 Å². The van der Waals surface area contributed by atoms with E-state index in [9.17, 15) is 4.39 Å². The van der Waals surface area contributed by atoms with Gasteiger partial charge < -0.3 is 4.90 Å². The lowest BCUT2D eigenvalue weighted by Crippen LogP contribution is -2.15. The van der Waals surface area contributed by atoms with Crippen molar-refractivity contribution in [1.29, 1.82) is 0 Å². The Morgan fingerprint density at radius 3 is 2.16 bits per heavy atom. The number of rotatable bonds is 4. The molecule has 0 saturated heterocycles. The van der Waals surface area contributed by atoms with Crippen LogP contribution in [-0.4, -0.2) is 9.97 Å². The van der Waals surface area contributed by atoms with Crippen LogP contribution in [0.25, 0.3) is 54.5 Å². The zero-order valence-electron chi connectivity index (χ0n) is 24.9. The highest BCUT2D eigenvalue weighted by molar-refractivity contribution is 6.16. The van der Waals surface area contributed by atoms with Gasteiger partial charge in [0.05, 0.1) is 16.7 Å². The molecule has 0 fully saturated rings. The number of hydrogen-bond acceptors (Lipinski definition) is 3. The normalized spacial score (nSPS) is 13.4. The van der Waals surface area contributed by atoms with Crippen LogP contribution in [0.15, 0.2) is 134 Å². The van der Waals surface area contributed by atoms with Crippen LogP contribution in [0.2, 0.25) is 0 Å². The van der Waals surface area contributed by atoms with Crippen LogP contribution in [-0.2, 0) is 5.41 Å². The van der Waals surface area contributed by atoms with E-state index < -0.39 is 0 Å². The van der Waals surface area contributed by atoms with Crippen molar-refractivity contribution >= 4 is 60.4 Å². The molecule has 0 amide bonds. The second-order valence-electron chi connectivity index (χ2n) is 12.4. The third-order valence-electron chi connectivity index (χ3n) is 9.55. The molecule has 45 heavy (non-hydrogen) atoms. The van der Waals surface area contributed by atoms with Crippen molar-refractivity contribution in [2.45, 2.75) is 19.3 Å². The first-order chi connectivity index (χ1) is 22.0. The van der Waals surface area contributed by atoms with Gasteiger partial charge in [0.15, 0.2) is 0 Å². The van der Waals surface area contributed by atoms with Gasteiger partial charge in [-0.1, -0.05) is 74.5 Å². The molecular weight excluding hydrogens is 553 g/mol. The fraction of sp³-hybridized carbons (Fsp3) is 0.0732. The summed E-state index contributed by atoms with van der Waals surface area (Å²) < 4.78 is 14.1.